The maximum absolute atomic E-state index is 12.8. The highest BCUT2D eigenvalue weighted by molar-refractivity contribution is 5.91. The van der Waals surface area contributed by atoms with Crippen LogP contribution < -0.4 is 16.0 Å². The maximum Gasteiger partial charge on any atom is 0.328 e. The SMILES string of the molecule is COC(=O)C(NC(=O)C1(O)CC(O)C(O)C(NC(=O)Nc2ccc(C)cc2)C1)C(C)C. The predicted molar refractivity (Wildman–Crippen MR) is 112 cm³/mol. The van der Waals surface area contributed by atoms with Crippen LogP contribution in [0.25, 0.3) is 0 Å². The minimum Gasteiger partial charge on any atom is -0.467 e. The van der Waals surface area contributed by atoms with E-state index < -0.39 is 54.2 Å². The molecule has 0 spiro atoms. The number of aryl methyl sites for hydroxylation is 1. The van der Waals surface area contributed by atoms with E-state index in [-0.39, 0.29) is 12.3 Å². The van der Waals surface area contributed by atoms with Crippen LogP contribution in [0.3, 0.4) is 0 Å². The fraction of sp³-hybridized carbons (Fsp3) is 0.571. The Kier molecular flexibility index (Phi) is 7.99. The second-order valence-electron chi connectivity index (χ2n) is 8.29. The molecule has 1 aromatic rings. The molecule has 0 aliphatic heterocycles. The number of methoxy groups -OCH3 is 1. The first-order valence-electron chi connectivity index (χ1n) is 10.1. The molecule has 31 heavy (non-hydrogen) atoms. The zero-order valence-electron chi connectivity index (χ0n) is 18.1. The molecule has 10 nitrogen and oxygen atoms in total. The van der Waals surface area contributed by atoms with E-state index in [1.54, 1.807) is 26.0 Å². The van der Waals surface area contributed by atoms with Gasteiger partial charge in [-0.05, 0) is 25.0 Å². The lowest BCUT2D eigenvalue weighted by Crippen LogP contribution is -2.64. The summed E-state index contributed by atoms with van der Waals surface area (Å²) in [5.41, 5.74) is -0.582. The lowest BCUT2D eigenvalue weighted by atomic mass is 9.77. The molecule has 0 saturated heterocycles. The van der Waals surface area contributed by atoms with Gasteiger partial charge in [-0.1, -0.05) is 31.5 Å². The normalized spacial score (nSPS) is 26.6. The van der Waals surface area contributed by atoms with Crippen LogP contribution in [0.15, 0.2) is 24.3 Å². The summed E-state index contributed by atoms with van der Waals surface area (Å²) in [6.07, 6.45) is -3.67. The smallest absolute Gasteiger partial charge is 0.328 e. The number of urea groups is 1. The van der Waals surface area contributed by atoms with Gasteiger partial charge in [-0.15, -0.1) is 0 Å². The topological polar surface area (TPSA) is 157 Å². The molecular formula is C21H31N3O7. The van der Waals surface area contributed by atoms with E-state index >= 15 is 0 Å². The molecule has 3 amide bonds. The number of ether oxygens (including phenoxy) is 1. The molecule has 1 aromatic carbocycles. The van der Waals surface area contributed by atoms with Crippen LogP contribution in [0.1, 0.15) is 32.3 Å². The van der Waals surface area contributed by atoms with Crippen molar-refractivity contribution in [1.29, 1.82) is 0 Å². The van der Waals surface area contributed by atoms with Gasteiger partial charge in [0.05, 0.1) is 19.3 Å². The van der Waals surface area contributed by atoms with Gasteiger partial charge in [-0.25, -0.2) is 9.59 Å². The highest BCUT2D eigenvalue weighted by atomic mass is 16.5. The molecule has 0 radical (unpaired) electrons. The van der Waals surface area contributed by atoms with Crippen molar-refractivity contribution in [2.24, 2.45) is 5.92 Å². The van der Waals surface area contributed by atoms with E-state index in [4.69, 9.17) is 0 Å². The molecule has 10 heteroatoms. The van der Waals surface area contributed by atoms with Crippen LogP contribution >= 0.6 is 0 Å². The Bertz CT molecular complexity index is 799. The fourth-order valence-electron chi connectivity index (χ4n) is 3.50. The summed E-state index contributed by atoms with van der Waals surface area (Å²) in [6, 6.07) is 4.24. The van der Waals surface area contributed by atoms with Crippen molar-refractivity contribution in [3.63, 3.8) is 0 Å². The Hall–Kier alpha value is -2.69. The van der Waals surface area contributed by atoms with Crippen molar-refractivity contribution in [2.75, 3.05) is 12.4 Å². The molecule has 1 fully saturated rings. The summed E-state index contributed by atoms with van der Waals surface area (Å²) in [4.78, 5) is 37.0. The van der Waals surface area contributed by atoms with Gasteiger partial charge in [-0.3, -0.25) is 4.79 Å². The third-order valence-electron chi connectivity index (χ3n) is 5.37. The van der Waals surface area contributed by atoms with Crippen LogP contribution in [-0.2, 0) is 14.3 Å². The summed E-state index contributed by atoms with van der Waals surface area (Å²) >= 11 is 0. The van der Waals surface area contributed by atoms with Crippen LogP contribution in [0.2, 0.25) is 0 Å². The Morgan fingerprint density at radius 3 is 2.29 bits per heavy atom. The van der Waals surface area contributed by atoms with Gasteiger partial charge in [0.15, 0.2) is 0 Å². The Labute approximate surface area is 181 Å². The van der Waals surface area contributed by atoms with Gasteiger partial charge in [0.25, 0.3) is 5.91 Å². The van der Waals surface area contributed by atoms with Crippen molar-refractivity contribution in [3.8, 4) is 0 Å². The van der Waals surface area contributed by atoms with Crippen LogP contribution in [0.5, 0.6) is 0 Å². The quantitative estimate of drug-likeness (QED) is 0.343. The van der Waals surface area contributed by atoms with Gasteiger partial charge in [0.1, 0.15) is 17.7 Å². The van der Waals surface area contributed by atoms with Crippen molar-refractivity contribution < 1.29 is 34.4 Å². The van der Waals surface area contributed by atoms with Crippen LogP contribution in [-0.4, -0.2) is 70.2 Å². The lowest BCUT2D eigenvalue weighted by molar-refractivity contribution is -0.161. The van der Waals surface area contributed by atoms with Crippen molar-refractivity contribution in [2.45, 2.75) is 63.5 Å². The maximum atomic E-state index is 12.8. The van der Waals surface area contributed by atoms with Gasteiger partial charge in [-0.2, -0.15) is 0 Å². The summed E-state index contributed by atoms with van der Waals surface area (Å²) < 4.78 is 4.68. The Morgan fingerprint density at radius 1 is 1.13 bits per heavy atom. The second kappa shape index (κ2) is 10.1. The van der Waals surface area contributed by atoms with Gasteiger partial charge < -0.3 is 36.0 Å². The molecule has 1 aliphatic carbocycles. The van der Waals surface area contributed by atoms with Crippen molar-refractivity contribution in [1.82, 2.24) is 10.6 Å². The average Bonchev–Trinajstić information content (AvgIpc) is 2.70. The second-order valence-corrected chi connectivity index (χ2v) is 8.29. The number of amides is 3. The number of hydrogen-bond acceptors (Lipinski definition) is 7. The van der Waals surface area contributed by atoms with Gasteiger partial charge in [0.2, 0.25) is 0 Å². The molecule has 1 saturated carbocycles. The third kappa shape index (κ3) is 6.16. The Morgan fingerprint density at radius 2 is 1.74 bits per heavy atom. The molecule has 0 aromatic heterocycles. The first-order valence-corrected chi connectivity index (χ1v) is 10.1. The predicted octanol–water partition coefficient (Wildman–Crippen LogP) is 0.0456. The third-order valence-corrected chi connectivity index (χ3v) is 5.37. The van der Waals surface area contributed by atoms with E-state index in [1.807, 2.05) is 19.1 Å². The number of rotatable bonds is 6. The number of aliphatic hydroxyl groups excluding tert-OH is 2. The fourth-order valence-corrected chi connectivity index (χ4v) is 3.50. The highest BCUT2D eigenvalue weighted by Gasteiger charge is 2.50. The number of aliphatic hydroxyl groups is 3. The summed E-state index contributed by atoms with van der Waals surface area (Å²) in [5, 5.41) is 38.9. The number of anilines is 1. The average molecular weight is 437 g/mol. The first kappa shape index (κ1) is 24.6. The van der Waals surface area contributed by atoms with Crippen LogP contribution in [0, 0.1) is 12.8 Å². The zero-order valence-corrected chi connectivity index (χ0v) is 18.1. The molecule has 0 heterocycles. The van der Waals surface area contributed by atoms with Crippen molar-refractivity contribution >= 4 is 23.6 Å². The van der Waals surface area contributed by atoms with E-state index in [9.17, 15) is 29.7 Å². The Balaban J connectivity index is 2.10. The van der Waals surface area contributed by atoms with E-state index in [2.05, 4.69) is 20.7 Å². The number of carbonyl (C=O) groups is 3. The summed E-state index contributed by atoms with van der Waals surface area (Å²) in [6.45, 7) is 5.30. The minimum atomic E-state index is -2.11. The van der Waals surface area contributed by atoms with Crippen molar-refractivity contribution in [3.05, 3.63) is 29.8 Å². The number of esters is 1. The monoisotopic (exact) mass is 437 g/mol. The number of hydrogen-bond donors (Lipinski definition) is 6. The molecular weight excluding hydrogens is 406 g/mol. The largest absolute Gasteiger partial charge is 0.467 e. The summed E-state index contributed by atoms with van der Waals surface area (Å²) in [5.74, 6) is -1.88. The van der Waals surface area contributed by atoms with Gasteiger partial charge in [0, 0.05) is 18.5 Å². The summed E-state index contributed by atoms with van der Waals surface area (Å²) in [7, 11) is 1.19. The molecule has 6 N–H and O–H groups in total. The molecule has 172 valence electrons. The number of carbonyl (C=O) groups excluding carboxylic acids is 3. The van der Waals surface area contributed by atoms with E-state index in [1.165, 1.54) is 7.11 Å². The minimum absolute atomic E-state index is 0.312. The standard InChI is InChI=1S/C21H31N3O7/c1-11(2)16(18(27)31-4)24-19(28)21(30)9-14(17(26)15(25)10-21)23-20(29)22-13-7-5-12(3)6-8-13/h5-8,11,14-17,25-26,30H,9-10H2,1-4H3,(H,24,28)(H2,22,23,29). The molecule has 1 aliphatic rings. The zero-order chi connectivity index (χ0) is 23.3. The highest BCUT2D eigenvalue weighted by Crippen LogP contribution is 2.30. The first-order chi connectivity index (χ1) is 14.5. The van der Waals surface area contributed by atoms with E-state index in [0.29, 0.717) is 5.69 Å². The lowest BCUT2D eigenvalue weighted by Gasteiger charge is -2.42. The molecule has 2 rings (SSSR count). The molecule has 5 atom stereocenters. The van der Waals surface area contributed by atoms with Crippen LogP contribution in [0.4, 0.5) is 10.5 Å². The number of benzene rings is 1. The number of nitrogens with one attached hydrogen (secondary N) is 3. The molecule has 5 unspecified atom stereocenters. The van der Waals surface area contributed by atoms with Gasteiger partial charge >= 0.3 is 12.0 Å². The molecule has 0 bridgehead atoms. The van der Waals surface area contributed by atoms with E-state index in [0.717, 1.165) is 5.56 Å².